The van der Waals surface area contributed by atoms with E-state index in [9.17, 15) is 9.50 Å². The van der Waals surface area contributed by atoms with Gasteiger partial charge >= 0.3 is 0 Å². The van der Waals surface area contributed by atoms with Crippen molar-refractivity contribution in [3.05, 3.63) is 60.2 Å². The van der Waals surface area contributed by atoms with Gasteiger partial charge in [0.25, 0.3) is 5.82 Å². The fourth-order valence-corrected chi connectivity index (χ4v) is 3.05. The summed E-state index contributed by atoms with van der Waals surface area (Å²) in [5, 5.41) is 10.4. The maximum absolute atomic E-state index is 12.9. The van der Waals surface area contributed by atoms with Crippen LogP contribution in [0.25, 0.3) is 11.0 Å². The molecule has 1 atom stereocenters. The van der Waals surface area contributed by atoms with E-state index in [0.717, 1.165) is 23.3 Å². The first-order valence-electron chi connectivity index (χ1n) is 8.12. The molecule has 2 aromatic carbocycles. The number of para-hydroxylation sites is 2. The quantitative estimate of drug-likeness (QED) is 0.406. The standard InChI is InChI=1S/C19H22FN2O2.HI/c1-3-19-21(2)17-6-4-5-7-18(17)22(19)12-15(23)13-24-16-10-8-14(20)9-11-16;/h4-11,15,23H,3,12-13H2,1-2H3;1H/q+1;/p-1. The second kappa shape index (κ2) is 8.62. The van der Waals surface area contributed by atoms with Crippen molar-refractivity contribution >= 4 is 11.0 Å². The van der Waals surface area contributed by atoms with Crippen molar-refractivity contribution in [1.82, 2.24) is 4.57 Å². The molecule has 0 fully saturated rings. The number of aliphatic hydroxyl groups excluding tert-OH is 1. The summed E-state index contributed by atoms with van der Waals surface area (Å²) in [5.74, 6) is 1.40. The van der Waals surface area contributed by atoms with Crippen molar-refractivity contribution in [2.24, 2.45) is 7.05 Å². The van der Waals surface area contributed by atoms with Crippen LogP contribution in [0, 0.1) is 5.82 Å². The molecule has 0 radical (unpaired) electrons. The van der Waals surface area contributed by atoms with Gasteiger partial charge in [-0.3, -0.25) is 0 Å². The number of ether oxygens (including phenoxy) is 1. The summed E-state index contributed by atoms with van der Waals surface area (Å²) in [6.07, 6.45) is 0.215. The second-order valence-corrected chi connectivity index (χ2v) is 5.85. The Hall–Kier alpha value is -1.67. The molecule has 0 saturated heterocycles. The Labute approximate surface area is 163 Å². The van der Waals surface area contributed by atoms with Crippen LogP contribution in [-0.4, -0.2) is 22.4 Å². The van der Waals surface area contributed by atoms with Gasteiger partial charge in [0.2, 0.25) is 0 Å². The topological polar surface area (TPSA) is 38.3 Å². The predicted molar refractivity (Wildman–Crippen MR) is 90.4 cm³/mol. The maximum Gasteiger partial charge on any atom is 0.256 e. The minimum absolute atomic E-state index is 0. The molecule has 4 nitrogen and oxygen atoms in total. The summed E-state index contributed by atoms with van der Waals surface area (Å²) in [7, 11) is 2.04. The predicted octanol–water partition coefficient (Wildman–Crippen LogP) is -0.389. The van der Waals surface area contributed by atoms with Crippen molar-refractivity contribution in [3.63, 3.8) is 0 Å². The third-order valence-electron chi connectivity index (χ3n) is 4.20. The number of aliphatic hydroxyl groups is 1. The van der Waals surface area contributed by atoms with Crippen molar-refractivity contribution in [2.75, 3.05) is 6.61 Å². The molecule has 6 heteroatoms. The molecule has 0 saturated carbocycles. The van der Waals surface area contributed by atoms with Crippen LogP contribution in [0.2, 0.25) is 0 Å². The maximum atomic E-state index is 12.9. The van der Waals surface area contributed by atoms with Gasteiger partial charge in [-0.2, -0.15) is 0 Å². The van der Waals surface area contributed by atoms with E-state index < -0.39 is 6.10 Å². The van der Waals surface area contributed by atoms with Gasteiger partial charge in [-0.15, -0.1) is 0 Å². The molecule has 0 amide bonds. The van der Waals surface area contributed by atoms with Crippen LogP contribution < -0.4 is 33.3 Å². The molecule has 0 aliphatic carbocycles. The summed E-state index contributed by atoms with van der Waals surface area (Å²) in [6.45, 7) is 2.71. The van der Waals surface area contributed by atoms with Crippen molar-refractivity contribution in [2.45, 2.75) is 26.0 Å². The Morgan fingerprint density at radius 1 is 1.16 bits per heavy atom. The highest BCUT2D eigenvalue weighted by Crippen LogP contribution is 2.16. The molecular formula is C19H22FIN2O2. The summed E-state index contributed by atoms with van der Waals surface area (Å²) >= 11 is 0. The zero-order valence-electron chi connectivity index (χ0n) is 14.3. The molecule has 1 unspecified atom stereocenters. The van der Waals surface area contributed by atoms with Crippen molar-refractivity contribution in [1.29, 1.82) is 0 Å². The number of nitrogens with zero attached hydrogens (tertiary/aromatic N) is 2. The van der Waals surface area contributed by atoms with Crippen LogP contribution in [0.3, 0.4) is 0 Å². The smallest absolute Gasteiger partial charge is 0.256 e. The van der Waals surface area contributed by atoms with Gasteiger partial charge in [-0.05, 0) is 36.4 Å². The van der Waals surface area contributed by atoms with Crippen LogP contribution in [0.1, 0.15) is 12.7 Å². The van der Waals surface area contributed by atoms with Crippen molar-refractivity contribution < 1.29 is 42.8 Å². The minimum atomic E-state index is -0.656. The molecule has 1 aromatic heterocycles. The van der Waals surface area contributed by atoms with Gasteiger partial charge < -0.3 is 33.8 Å². The summed E-state index contributed by atoms with van der Waals surface area (Å²) in [4.78, 5) is 0. The number of aryl methyl sites for hydroxylation is 1. The number of imidazole rings is 1. The molecule has 1 heterocycles. The van der Waals surface area contributed by atoms with Crippen LogP contribution in [0.15, 0.2) is 48.5 Å². The molecule has 0 bridgehead atoms. The molecule has 25 heavy (non-hydrogen) atoms. The Kier molecular flexibility index (Phi) is 6.78. The van der Waals surface area contributed by atoms with Crippen LogP contribution in [0.4, 0.5) is 4.39 Å². The molecule has 0 aliphatic rings. The van der Waals surface area contributed by atoms with E-state index in [0.29, 0.717) is 12.3 Å². The van der Waals surface area contributed by atoms with E-state index >= 15 is 0 Å². The van der Waals surface area contributed by atoms with Gasteiger partial charge in [0, 0.05) is 6.42 Å². The Morgan fingerprint density at radius 2 is 1.84 bits per heavy atom. The number of aromatic nitrogens is 2. The number of hydrogen-bond acceptors (Lipinski definition) is 2. The SMILES string of the molecule is CCc1n(CC(O)COc2ccc(F)cc2)c2ccccc2[n+]1C.[I-]. The number of rotatable bonds is 6. The lowest BCUT2D eigenvalue weighted by atomic mass is 10.3. The average molecular weight is 456 g/mol. The van der Waals surface area contributed by atoms with Gasteiger partial charge in [0.05, 0.1) is 7.05 Å². The Morgan fingerprint density at radius 3 is 2.52 bits per heavy atom. The monoisotopic (exact) mass is 456 g/mol. The lowest BCUT2D eigenvalue weighted by molar-refractivity contribution is -0.653. The van der Waals surface area contributed by atoms with E-state index in [-0.39, 0.29) is 36.4 Å². The largest absolute Gasteiger partial charge is 1.00 e. The lowest BCUT2D eigenvalue weighted by Gasteiger charge is -2.12. The van der Waals surface area contributed by atoms with Crippen LogP contribution in [-0.2, 0) is 20.0 Å². The highest BCUT2D eigenvalue weighted by Gasteiger charge is 2.23. The molecule has 0 aliphatic heterocycles. The first kappa shape index (κ1) is 19.7. The van der Waals surface area contributed by atoms with Gasteiger partial charge in [0.1, 0.15) is 30.8 Å². The highest BCUT2D eigenvalue weighted by atomic mass is 127. The number of fused-ring (bicyclic) bond motifs is 1. The first-order chi connectivity index (χ1) is 11.6. The van der Waals surface area contributed by atoms with Crippen molar-refractivity contribution in [3.8, 4) is 5.75 Å². The van der Waals surface area contributed by atoms with Gasteiger partial charge in [-0.25, -0.2) is 13.5 Å². The molecule has 0 spiro atoms. The van der Waals surface area contributed by atoms with E-state index in [1.165, 1.54) is 12.1 Å². The number of benzene rings is 2. The Balaban J connectivity index is 0.00000225. The minimum Gasteiger partial charge on any atom is -1.00 e. The molecule has 134 valence electrons. The zero-order valence-corrected chi connectivity index (χ0v) is 16.5. The van der Waals surface area contributed by atoms with Gasteiger partial charge in [-0.1, -0.05) is 19.1 Å². The van der Waals surface area contributed by atoms with E-state index in [1.807, 2.05) is 19.2 Å². The average Bonchev–Trinajstić information content (AvgIpc) is 2.86. The lowest BCUT2D eigenvalue weighted by Crippen LogP contribution is -3.00. The summed E-state index contributed by atoms with van der Waals surface area (Å²) in [6, 6.07) is 14.0. The normalized spacial score (nSPS) is 12.0. The van der Waals surface area contributed by atoms with Crippen LogP contribution >= 0.6 is 0 Å². The summed E-state index contributed by atoms with van der Waals surface area (Å²) < 4.78 is 22.7. The third-order valence-corrected chi connectivity index (χ3v) is 4.20. The molecular weight excluding hydrogens is 434 g/mol. The fraction of sp³-hybridized carbons (Fsp3) is 0.316. The molecule has 1 N–H and O–H groups in total. The van der Waals surface area contributed by atoms with E-state index in [2.05, 4.69) is 28.2 Å². The zero-order chi connectivity index (χ0) is 17.1. The van der Waals surface area contributed by atoms with Gasteiger partial charge in [0.15, 0.2) is 11.0 Å². The third kappa shape index (κ3) is 4.30. The van der Waals surface area contributed by atoms with E-state index in [1.54, 1.807) is 12.1 Å². The fourth-order valence-electron chi connectivity index (χ4n) is 3.05. The second-order valence-electron chi connectivity index (χ2n) is 5.85. The Bertz CT molecular complexity index is 833. The molecule has 3 rings (SSSR count). The van der Waals surface area contributed by atoms with E-state index in [4.69, 9.17) is 4.74 Å². The van der Waals surface area contributed by atoms with Crippen LogP contribution in [0.5, 0.6) is 5.75 Å². The highest BCUT2D eigenvalue weighted by molar-refractivity contribution is 5.72. The summed E-state index contributed by atoms with van der Waals surface area (Å²) in [5.41, 5.74) is 2.23. The number of halogens is 2. The molecule has 3 aromatic rings. The number of hydrogen-bond donors (Lipinski definition) is 1. The first-order valence-corrected chi connectivity index (χ1v) is 8.12.